The van der Waals surface area contributed by atoms with E-state index in [0.717, 1.165) is 28.1 Å². The third-order valence-corrected chi connectivity index (χ3v) is 3.30. The van der Waals surface area contributed by atoms with Crippen molar-refractivity contribution in [3.63, 3.8) is 0 Å². The highest BCUT2D eigenvalue weighted by Crippen LogP contribution is 2.30. The van der Waals surface area contributed by atoms with Crippen LogP contribution in [0.1, 0.15) is 19.9 Å². The van der Waals surface area contributed by atoms with E-state index in [1.54, 1.807) is 0 Å². The van der Waals surface area contributed by atoms with Crippen molar-refractivity contribution < 1.29 is 0 Å². The van der Waals surface area contributed by atoms with Crippen LogP contribution in [0, 0.1) is 0 Å². The van der Waals surface area contributed by atoms with Crippen LogP contribution < -0.4 is 5.73 Å². The lowest BCUT2D eigenvalue weighted by Crippen LogP contribution is -2.02. The predicted octanol–water partition coefficient (Wildman–Crippen LogP) is 3.87. The van der Waals surface area contributed by atoms with Gasteiger partial charge < -0.3 is 10.3 Å². The number of nitrogens with two attached hydrogens (primary N) is 1. The highest BCUT2D eigenvalue weighted by atomic mass is 15.1. The van der Waals surface area contributed by atoms with Crippen LogP contribution in [0.2, 0.25) is 0 Å². The van der Waals surface area contributed by atoms with Crippen LogP contribution >= 0.6 is 0 Å². The van der Waals surface area contributed by atoms with Gasteiger partial charge in [0.05, 0.1) is 11.2 Å². The quantitative estimate of drug-likeness (QED) is 0.703. The zero-order valence-electron chi connectivity index (χ0n) is 11.2. The molecule has 0 aliphatic rings. The number of aromatic nitrogens is 2. The maximum absolute atomic E-state index is 6.04. The van der Waals surface area contributed by atoms with E-state index < -0.39 is 0 Å². The van der Waals surface area contributed by atoms with Gasteiger partial charge in [0.1, 0.15) is 11.3 Å². The summed E-state index contributed by atoms with van der Waals surface area (Å²) in [6.45, 7) is 4.33. The van der Waals surface area contributed by atoms with E-state index in [9.17, 15) is 0 Å². The van der Waals surface area contributed by atoms with Crippen molar-refractivity contribution in [3.8, 4) is 11.4 Å². The van der Waals surface area contributed by atoms with Crippen molar-refractivity contribution in [1.82, 2.24) is 9.55 Å². The highest BCUT2D eigenvalue weighted by molar-refractivity contribution is 5.90. The maximum Gasteiger partial charge on any atom is 0.141 e. The first-order valence-electron chi connectivity index (χ1n) is 6.50. The SMILES string of the molecule is CC(C)n1c(-c2ccccc2)nc2c(N)cccc21. The minimum atomic E-state index is 0.335. The van der Waals surface area contributed by atoms with Gasteiger partial charge in [-0.3, -0.25) is 0 Å². The van der Waals surface area contributed by atoms with Crippen molar-refractivity contribution in [2.75, 3.05) is 5.73 Å². The van der Waals surface area contributed by atoms with Gasteiger partial charge in [-0.25, -0.2) is 4.98 Å². The van der Waals surface area contributed by atoms with Gasteiger partial charge in [0.15, 0.2) is 0 Å². The average Bonchev–Trinajstić information content (AvgIpc) is 2.81. The maximum atomic E-state index is 6.04. The molecule has 2 N–H and O–H groups in total. The Bertz CT molecular complexity index is 711. The Hall–Kier alpha value is -2.29. The molecule has 0 spiro atoms. The molecular weight excluding hydrogens is 234 g/mol. The van der Waals surface area contributed by atoms with Gasteiger partial charge in [0.2, 0.25) is 0 Å². The molecule has 3 rings (SSSR count). The van der Waals surface area contributed by atoms with Crippen molar-refractivity contribution in [1.29, 1.82) is 0 Å². The summed E-state index contributed by atoms with van der Waals surface area (Å²) in [5.41, 5.74) is 9.86. The number of hydrogen-bond acceptors (Lipinski definition) is 2. The summed E-state index contributed by atoms with van der Waals surface area (Å²) in [6, 6.07) is 16.5. The molecule has 0 fully saturated rings. The normalized spacial score (nSPS) is 11.3. The fourth-order valence-corrected chi connectivity index (χ4v) is 2.45. The van der Waals surface area contributed by atoms with Crippen LogP contribution in [0.15, 0.2) is 48.5 Å². The molecule has 3 nitrogen and oxygen atoms in total. The Kier molecular flexibility index (Phi) is 2.75. The lowest BCUT2D eigenvalue weighted by molar-refractivity contribution is 0.624. The van der Waals surface area contributed by atoms with E-state index >= 15 is 0 Å². The van der Waals surface area contributed by atoms with Crippen LogP contribution in [0.3, 0.4) is 0 Å². The van der Waals surface area contributed by atoms with Crippen LogP contribution in [0.4, 0.5) is 5.69 Å². The molecule has 0 aliphatic carbocycles. The first-order valence-corrected chi connectivity index (χ1v) is 6.50. The number of nitrogens with zero attached hydrogens (tertiary/aromatic N) is 2. The van der Waals surface area contributed by atoms with Crippen molar-refractivity contribution in [2.24, 2.45) is 0 Å². The minimum Gasteiger partial charge on any atom is -0.397 e. The molecule has 19 heavy (non-hydrogen) atoms. The van der Waals surface area contributed by atoms with Crippen molar-refractivity contribution >= 4 is 16.7 Å². The molecule has 0 unspecified atom stereocenters. The van der Waals surface area contributed by atoms with Gasteiger partial charge in [-0.2, -0.15) is 0 Å². The summed E-state index contributed by atoms with van der Waals surface area (Å²) in [7, 11) is 0. The van der Waals surface area contributed by atoms with E-state index in [1.165, 1.54) is 0 Å². The Balaban J connectivity index is 2.36. The van der Waals surface area contributed by atoms with Crippen molar-refractivity contribution in [3.05, 3.63) is 48.5 Å². The first-order chi connectivity index (χ1) is 9.18. The smallest absolute Gasteiger partial charge is 0.141 e. The average molecular weight is 251 g/mol. The van der Waals surface area contributed by atoms with Gasteiger partial charge in [0, 0.05) is 11.6 Å². The summed E-state index contributed by atoms with van der Waals surface area (Å²) >= 11 is 0. The molecule has 0 amide bonds. The number of hydrogen-bond donors (Lipinski definition) is 1. The van der Waals surface area contributed by atoms with E-state index in [0.29, 0.717) is 6.04 Å². The fraction of sp³-hybridized carbons (Fsp3) is 0.188. The topological polar surface area (TPSA) is 43.8 Å². The summed E-state index contributed by atoms with van der Waals surface area (Å²) in [6.07, 6.45) is 0. The lowest BCUT2D eigenvalue weighted by atomic mass is 10.2. The zero-order chi connectivity index (χ0) is 13.4. The molecule has 0 saturated heterocycles. The summed E-state index contributed by atoms with van der Waals surface area (Å²) in [5.74, 6) is 0.975. The fourth-order valence-electron chi connectivity index (χ4n) is 2.45. The largest absolute Gasteiger partial charge is 0.397 e. The number of imidazole rings is 1. The van der Waals surface area contributed by atoms with Gasteiger partial charge in [-0.05, 0) is 26.0 Å². The van der Waals surface area contributed by atoms with Crippen LogP contribution in [-0.4, -0.2) is 9.55 Å². The molecule has 0 saturated carbocycles. The molecule has 96 valence electrons. The number of fused-ring (bicyclic) bond motifs is 1. The lowest BCUT2D eigenvalue weighted by Gasteiger charge is -2.13. The minimum absolute atomic E-state index is 0.335. The van der Waals surface area contributed by atoms with Crippen LogP contribution in [0.25, 0.3) is 22.4 Å². The molecule has 1 heterocycles. The number of rotatable bonds is 2. The van der Waals surface area contributed by atoms with E-state index in [4.69, 9.17) is 10.7 Å². The number of para-hydroxylation sites is 1. The number of benzene rings is 2. The second-order valence-corrected chi connectivity index (χ2v) is 4.98. The third-order valence-electron chi connectivity index (χ3n) is 3.30. The van der Waals surface area contributed by atoms with Gasteiger partial charge >= 0.3 is 0 Å². The Morgan fingerprint density at radius 2 is 1.74 bits per heavy atom. The number of anilines is 1. The predicted molar refractivity (Wildman–Crippen MR) is 80.0 cm³/mol. The molecule has 1 aromatic heterocycles. The molecular formula is C16H17N3. The molecule has 0 bridgehead atoms. The number of nitrogen functional groups attached to an aromatic ring is 1. The standard InChI is InChI=1S/C16H17N3/c1-11(2)19-14-10-6-9-13(17)15(14)18-16(19)12-7-4-3-5-8-12/h3-11H,17H2,1-2H3. The second-order valence-electron chi connectivity index (χ2n) is 4.98. The Morgan fingerprint density at radius 1 is 1.00 bits per heavy atom. The zero-order valence-corrected chi connectivity index (χ0v) is 11.2. The highest BCUT2D eigenvalue weighted by Gasteiger charge is 2.15. The van der Waals surface area contributed by atoms with Gasteiger partial charge in [-0.15, -0.1) is 0 Å². The first kappa shape index (κ1) is 11.8. The Labute approximate surface area is 112 Å². The summed E-state index contributed by atoms with van der Waals surface area (Å²) in [5, 5.41) is 0. The van der Waals surface area contributed by atoms with Gasteiger partial charge in [0.25, 0.3) is 0 Å². The van der Waals surface area contributed by atoms with Crippen molar-refractivity contribution in [2.45, 2.75) is 19.9 Å². The molecule has 0 radical (unpaired) electrons. The summed E-state index contributed by atoms with van der Waals surface area (Å²) in [4.78, 5) is 4.74. The third kappa shape index (κ3) is 1.87. The van der Waals surface area contributed by atoms with E-state index in [2.05, 4.69) is 36.6 Å². The molecule has 3 heteroatoms. The molecule has 2 aromatic carbocycles. The Morgan fingerprint density at radius 3 is 2.42 bits per heavy atom. The van der Waals surface area contributed by atoms with Crippen LogP contribution in [0.5, 0.6) is 0 Å². The van der Waals surface area contributed by atoms with Crippen LogP contribution in [-0.2, 0) is 0 Å². The molecule has 0 atom stereocenters. The van der Waals surface area contributed by atoms with Gasteiger partial charge in [-0.1, -0.05) is 36.4 Å². The van der Waals surface area contributed by atoms with E-state index in [1.807, 2.05) is 30.3 Å². The van der Waals surface area contributed by atoms with E-state index in [-0.39, 0.29) is 0 Å². The molecule has 0 aliphatic heterocycles. The monoisotopic (exact) mass is 251 g/mol. The summed E-state index contributed by atoms with van der Waals surface area (Å²) < 4.78 is 2.24. The molecule has 3 aromatic rings. The second kappa shape index (κ2) is 4.43.